The molecule has 0 aliphatic rings. The number of aryl methyl sites for hydroxylation is 1. The van der Waals surface area contributed by atoms with E-state index < -0.39 is 22.0 Å². The first-order valence-corrected chi connectivity index (χ1v) is 16.8. The summed E-state index contributed by atoms with van der Waals surface area (Å²) in [6, 6.07) is 32.3. The van der Waals surface area contributed by atoms with Crippen molar-refractivity contribution in [1.29, 1.82) is 0 Å². The fourth-order valence-corrected chi connectivity index (χ4v) is 6.72. The zero-order valence-corrected chi connectivity index (χ0v) is 27.2. The predicted octanol–water partition coefficient (Wildman–Crippen LogP) is 7.26. The van der Waals surface area contributed by atoms with Crippen LogP contribution in [0.3, 0.4) is 0 Å². The number of methoxy groups -OCH3 is 1. The van der Waals surface area contributed by atoms with Crippen molar-refractivity contribution in [2.75, 3.05) is 14.2 Å². The molecule has 46 heavy (non-hydrogen) atoms. The number of carbonyl (C=O) groups is 1. The summed E-state index contributed by atoms with van der Waals surface area (Å²) in [6.45, 7) is 2.20. The van der Waals surface area contributed by atoms with E-state index in [0.29, 0.717) is 5.69 Å². The molecule has 1 heterocycles. The van der Waals surface area contributed by atoms with Crippen molar-refractivity contribution in [2.45, 2.75) is 50.0 Å². The van der Waals surface area contributed by atoms with Gasteiger partial charge in [-0.3, -0.25) is 4.79 Å². The molecule has 1 N–H and O–H groups in total. The average molecular weight is 638 g/mol. The van der Waals surface area contributed by atoms with Crippen molar-refractivity contribution < 1.29 is 23.1 Å². The second-order valence-corrected chi connectivity index (χ2v) is 13.3. The molecule has 238 valence electrons. The van der Waals surface area contributed by atoms with Crippen LogP contribution in [0.2, 0.25) is 0 Å². The normalized spacial score (nSPS) is 12.3. The lowest BCUT2D eigenvalue weighted by molar-refractivity contribution is -0.141. The second kappa shape index (κ2) is 14.6. The Labute approximate surface area is 271 Å². The first-order valence-electron chi connectivity index (χ1n) is 15.4. The minimum absolute atomic E-state index is 0.00132. The number of ether oxygens (including phenoxy) is 1. The largest absolute Gasteiger partial charge is 0.497 e. The van der Waals surface area contributed by atoms with Crippen LogP contribution in [-0.4, -0.2) is 53.8 Å². The summed E-state index contributed by atoms with van der Waals surface area (Å²) in [5.41, 5.74) is 6.19. The maximum absolute atomic E-state index is 13.6. The minimum atomic E-state index is -4.11. The average Bonchev–Trinajstić information content (AvgIpc) is 3.53. The number of hydrogen-bond acceptors (Lipinski definition) is 5. The third kappa shape index (κ3) is 7.38. The van der Waals surface area contributed by atoms with Gasteiger partial charge in [-0.2, -0.15) is 9.40 Å². The van der Waals surface area contributed by atoms with E-state index in [2.05, 4.69) is 31.2 Å². The zero-order chi connectivity index (χ0) is 32.7. The molecule has 0 spiro atoms. The van der Waals surface area contributed by atoms with E-state index >= 15 is 0 Å². The summed E-state index contributed by atoms with van der Waals surface area (Å²) in [7, 11) is -1.18. The molecule has 1 atom stereocenters. The molecular weight excluding hydrogens is 598 g/mol. The SMILES string of the molecule is CCCCCc1ccc(-c2cc(-c3ccc(OC)cc3)nn2-c2ccc(S(=O)(=O)N(C)[C@@H](Cc3ccccc3)C(=O)O)cc2)cc1. The quantitative estimate of drug-likeness (QED) is 0.129. The van der Waals surface area contributed by atoms with Gasteiger partial charge in [-0.05, 0) is 85.0 Å². The molecule has 1 aromatic heterocycles. The highest BCUT2D eigenvalue weighted by Crippen LogP contribution is 2.31. The van der Waals surface area contributed by atoms with Crippen molar-refractivity contribution in [1.82, 2.24) is 14.1 Å². The second-order valence-electron chi connectivity index (χ2n) is 11.3. The van der Waals surface area contributed by atoms with Crippen LogP contribution in [0.4, 0.5) is 0 Å². The van der Waals surface area contributed by atoms with Gasteiger partial charge in [0, 0.05) is 18.2 Å². The van der Waals surface area contributed by atoms with Gasteiger partial charge in [-0.25, -0.2) is 13.1 Å². The van der Waals surface area contributed by atoms with Crippen LogP contribution in [0, 0.1) is 0 Å². The topological polar surface area (TPSA) is 102 Å². The number of sulfonamides is 1. The van der Waals surface area contributed by atoms with Crippen molar-refractivity contribution >= 4 is 16.0 Å². The lowest BCUT2D eigenvalue weighted by Gasteiger charge is -2.24. The first-order chi connectivity index (χ1) is 22.2. The van der Waals surface area contributed by atoms with E-state index in [1.807, 2.05) is 36.4 Å². The number of nitrogens with zero attached hydrogens (tertiary/aromatic N) is 3. The van der Waals surface area contributed by atoms with E-state index in [0.717, 1.165) is 51.0 Å². The molecule has 0 fully saturated rings. The fraction of sp³-hybridized carbons (Fsp3) is 0.243. The maximum atomic E-state index is 13.6. The molecular formula is C37H39N3O5S. The smallest absolute Gasteiger partial charge is 0.322 e. The molecule has 0 saturated carbocycles. The van der Waals surface area contributed by atoms with E-state index in [1.165, 1.54) is 37.6 Å². The van der Waals surface area contributed by atoms with Gasteiger partial charge in [-0.1, -0.05) is 74.4 Å². The monoisotopic (exact) mass is 637 g/mol. The maximum Gasteiger partial charge on any atom is 0.322 e. The van der Waals surface area contributed by atoms with Gasteiger partial charge in [0.2, 0.25) is 10.0 Å². The third-order valence-corrected chi connectivity index (χ3v) is 10.0. The van der Waals surface area contributed by atoms with Crippen molar-refractivity contribution in [3.05, 3.63) is 120 Å². The zero-order valence-electron chi connectivity index (χ0n) is 26.3. The first kappa shape index (κ1) is 32.7. The summed E-state index contributed by atoms with van der Waals surface area (Å²) in [5, 5.41) is 14.8. The van der Waals surface area contributed by atoms with Gasteiger partial charge in [0.05, 0.1) is 29.1 Å². The van der Waals surface area contributed by atoms with E-state index in [9.17, 15) is 18.3 Å². The Kier molecular flexibility index (Phi) is 10.3. The minimum Gasteiger partial charge on any atom is -0.497 e. The molecule has 0 saturated heterocycles. The Morgan fingerprint density at radius 2 is 1.52 bits per heavy atom. The highest BCUT2D eigenvalue weighted by atomic mass is 32.2. The van der Waals surface area contributed by atoms with E-state index in [4.69, 9.17) is 9.84 Å². The Hall–Kier alpha value is -4.73. The number of unbranched alkanes of at least 4 members (excludes halogenated alkanes) is 2. The molecule has 4 aromatic carbocycles. The van der Waals surface area contributed by atoms with Crippen LogP contribution in [0.15, 0.2) is 114 Å². The molecule has 9 heteroatoms. The van der Waals surface area contributed by atoms with Crippen LogP contribution >= 0.6 is 0 Å². The lowest BCUT2D eigenvalue weighted by atomic mass is 10.0. The highest BCUT2D eigenvalue weighted by molar-refractivity contribution is 7.89. The number of benzene rings is 4. The van der Waals surface area contributed by atoms with Crippen molar-refractivity contribution in [2.24, 2.45) is 0 Å². The summed E-state index contributed by atoms with van der Waals surface area (Å²) >= 11 is 0. The molecule has 0 aliphatic carbocycles. The number of carboxylic acids is 1. The van der Waals surface area contributed by atoms with Crippen molar-refractivity contribution in [3.63, 3.8) is 0 Å². The van der Waals surface area contributed by atoms with Crippen LogP contribution in [0.5, 0.6) is 5.75 Å². The fourth-order valence-electron chi connectivity index (χ4n) is 5.41. The van der Waals surface area contributed by atoms with Gasteiger partial charge in [0.25, 0.3) is 0 Å². The Balaban J connectivity index is 1.47. The van der Waals surface area contributed by atoms with E-state index in [-0.39, 0.29) is 11.3 Å². The summed E-state index contributed by atoms with van der Waals surface area (Å²) in [5.74, 6) is -0.465. The molecule has 0 aliphatic heterocycles. The molecule has 0 bridgehead atoms. The number of hydrogen-bond donors (Lipinski definition) is 1. The van der Waals surface area contributed by atoms with Gasteiger partial charge in [0.15, 0.2) is 0 Å². The summed E-state index contributed by atoms with van der Waals surface area (Å²) in [4.78, 5) is 12.2. The van der Waals surface area contributed by atoms with Gasteiger partial charge >= 0.3 is 5.97 Å². The lowest BCUT2D eigenvalue weighted by Crippen LogP contribution is -2.43. The number of carboxylic acid groups (broad SMARTS) is 1. The molecule has 5 aromatic rings. The van der Waals surface area contributed by atoms with Crippen LogP contribution in [0.25, 0.3) is 28.2 Å². The van der Waals surface area contributed by atoms with Crippen LogP contribution in [0.1, 0.15) is 37.3 Å². The predicted molar refractivity (Wildman–Crippen MR) is 181 cm³/mol. The highest BCUT2D eigenvalue weighted by Gasteiger charge is 2.33. The van der Waals surface area contributed by atoms with Gasteiger partial charge in [0.1, 0.15) is 11.8 Å². The summed E-state index contributed by atoms with van der Waals surface area (Å²) < 4.78 is 35.3. The van der Waals surface area contributed by atoms with Gasteiger partial charge in [-0.15, -0.1) is 0 Å². The standard InChI is InChI=1S/C37H39N3O5S/c1-4-5-7-10-27-13-15-30(16-14-27)35-26-34(29-17-21-32(45-3)22-18-29)38-40(35)31-19-23-33(24-20-31)46(43,44)39(2)36(37(41)42)25-28-11-8-6-9-12-28/h6,8-9,11-24,26,36H,4-5,7,10,25H2,1-3H3,(H,41,42)/t36-/m0/s1. The Morgan fingerprint density at radius 1 is 0.870 bits per heavy atom. The number of aliphatic carboxylic acids is 1. The van der Waals surface area contributed by atoms with Crippen molar-refractivity contribution in [3.8, 4) is 34.0 Å². The number of aromatic nitrogens is 2. The third-order valence-electron chi connectivity index (χ3n) is 8.17. The van der Waals surface area contributed by atoms with Crippen LogP contribution < -0.4 is 4.74 Å². The number of rotatable bonds is 14. The molecule has 0 radical (unpaired) electrons. The van der Waals surface area contributed by atoms with E-state index in [1.54, 1.807) is 48.2 Å². The number of likely N-dealkylation sites (N-methyl/N-ethyl adjacent to an activating group) is 1. The Morgan fingerprint density at radius 3 is 2.13 bits per heavy atom. The molecule has 0 amide bonds. The van der Waals surface area contributed by atoms with Crippen LogP contribution in [-0.2, 0) is 27.7 Å². The molecule has 5 rings (SSSR count). The molecule has 0 unspecified atom stereocenters. The summed E-state index contributed by atoms with van der Waals surface area (Å²) in [6.07, 6.45) is 4.61. The van der Waals surface area contributed by atoms with Gasteiger partial charge < -0.3 is 9.84 Å². The molecule has 8 nitrogen and oxygen atoms in total. The Bertz CT molecular complexity index is 1850.